The summed E-state index contributed by atoms with van der Waals surface area (Å²) in [5.74, 6) is -0.218. The van der Waals surface area contributed by atoms with Gasteiger partial charge < -0.3 is 10.1 Å². The number of H-pyrrole nitrogens is 1. The molecule has 0 aliphatic heterocycles. The first kappa shape index (κ1) is 8.61. The van der Waals surface area contributed by atoms with Gasteiger partial charge in [-0.3, -0.25) is 0 Å². The number of hydrogen-bond donors (Lipinski definition) is 1. The summed E-state index contributed by atoms with van der Waals surface area (Å²) in [5.41, 5.74) is 0. The minimum atomic E-state index is -0.583. The molecular weight excluding hydrogens is 133 g/mol. The second-order valence-corrected chi connectivity index (χ2v) is 1.17. The van der Waals surface area contributed by atoms with Gasteiger partial charge in [0, 0.05) is 29.6 Å². The Bertz CT molecular complexity index is 185. The van der Waals surface area contributed by atoms with E-state index in [0.29, 0.717) is 0 Å². The normalized spacial score (nSPS) is 8.00. The van der Waals surface area contributed by atoms with Gasteiger partial charge in [-0.2, -0.15) is 0 Å². The van der Waals surface area contributed by atoms with Gasteiger partial charge in [-0.25, -0.2) is 4.98 Å². The molecule has 0 aliphatic rings. The maximum absolute atomic E-state index is 9.77. The van der Waals surface area contributed by atoms with Gasteiger partial charge in [0.1, 0.15) is 6.20 Å². The molecule has 6 heteroatoms. The van der Waals surface area contributed by atoms with Gasteiger partial charge in [-0.15, -0.1) is 0 Å². The molecule has 1 N–H and O–H groups in total. The molecule has 5 nitrogen and oxygen atoms in total. The van der Waals surface area contributed by atoms with E-state index in [2.05, 4.69) is 9.97 Å². The van der Waals surface area contributed by atoms with Crippen molar-refractivity contribution in [2.24, 2.45) is 0 Å². The molecule has 0 saturated carbocycles. The van der Waals surface area contributed by atoms with Crippen molar-refractivity contribution in [2.75, 3.05) is 0 Å². The Hall–Kier alpha value is -0.390. The average molecular weight is 136 g/mol. The van der Waals surface area contributed by atoms with Crippen LogP contribution in [0.3, 0.4) is 0 Å². The SMILES string of the molecule is O=[N+]([O-])c1ncc[nH]1.[Na]. The molecular formula is C3H3N3NaO2. The zero-order valence-corrected chi connectivity index (χ0v) is 6.87. The molecule has 0 aliphatic carbocycles. The molecule has 0 spiro atoms. The quantitative estimate of drug-likeness (QED) is 0.334. The summed E-state index contributed by atoms with van der Waals surface area (Å²) in [6.07, 6.45) is 2.73. The van der Waals surface area contributed by atoms with E-state index in [-0.39, 0.29) is 35.5 Å². The first-order valence-electron chi connectivity index (χ1n) is 1.94. The third-order valence-electron chi connectivity index (χ3n) is 0.657. The monoisotopic (exact) mass is 136 g/mol. The van der Waals surface area contributed by atoms with Crippen molar-refractivity contribution in [1.82, 2.24) is 9.97 Å². The first-order chi connectivity index (χ1) is 3.80. The summed E-state index contributed by atoms with van der Waals surface area (Å²) in [6.45, 7) is 0. The van der Waals surface area contributed by atoms with Crippen LogP contribution in [0.4, 0.5) is 5.95 Å². The Morgan fingerprint density at radius 2 is 2.44 bits per heavy atom. The van der Waals surface area contributed by atoms with Gasteiger partial charge in [0.15, 0.2) is 0 Å². The summed E-state index contributed by atoms with van der Waals surface area (Å²) in [4.78, 5) is 14.9. The number of imidazole rings is 1. The Balaban J connectivity index is 0.000000640. The molecule has 1 rings (SSSR count). The minimum Gasteiger partial charge on any atom is -0.390 e. The average Bonchev–Trinajstić information content (AvgIpc) is 2.12. The van der Waals surface area contributed by atoms with Crippen LogP contribution in [-0.2, 0) is 0 Å². The van der Waals surface area contributed by atoms with Crippen LogP contribution >= 0.6 is 0 Å². The summed E-state index contributed by atoms with van der Waals surface area (Å²) in [7, 11) is 0. The maximum atomic E-state index is 9.77. The Labute approximate surface area is 72.9 Å². The van der Waals surface area contributed by atoms with Gasteiger partial charge in [0.25, 0.3) is 0 Å². The van der Waals surface area contributed by atoms with E-state index < -0.39 is 4.92 Å². The number of nitrogens with zero attached hydrogens (tertiary/aromatic N) is 2. The van der Waals surface area contributed by atoms with Gasteiger partial charge in [0.2, 0.25) is 0 Å². The number of aromatic amines is 1. The molecule has 1 radical (unpaired) electrons. The van der Waals surface area contributed by atoms with E-state index in [0.717, 1.165) is 0 Å². The van der Waals surface area contributed by atoms with E-state index in [1.807, 2.05) is 0 Å². The van der Waals surface area contributed by atoms with Crippen molar-refractivity contribution in [3.8, 4) is 0 Å². The standard InChI is InChI=1S/C3H3N3O2.Na/c7-6(8)3-4-1-2-5-3;/h1-2H,(H,4,5);. The van der Waals surface area contributed by atoms with Crippen molar-refractivity contribution in [2.45, 2.75) is 0 Å². The predicted molar refractivity (Wildman–Crippen MR) is 31.0 cm³/mol. The zero-order valence-electron chi connectivity index (χ0n) is 4.87. The number of rotatable bonds is 1. The largest absolute Gasteiger partial charge is 0.432 e. The molecule has 9 heavy (non-hydrogen) atoms. The molecule has 0 aromatic carbocycles. The van der Waals surface area contributed by atoms with Crippen LogP contribution in [-0.4, -0.2) is 44.4 Å². The zero-order chi connectivity index (χ0) is 5.98. The van der Waals surface area contributed by atoms with Gasteiger partial charge in [0.05, 0.1) is 6.20 Å². The van der Waals surface area contributed by atoms with Crippen molar-refractivity contribution in [1.29, 1.82) is 0 Å². The molecule has 1 aromatic rings. The van der Waals surface area contributed by atoms with Crippen molar-refractivity contribution in [3.63, 3.8) is 0 Å². The fourth-order valence-corrected chi connectivity index (χ4v) is 0.357. The van der Waals surface area contributed by atoms with Crippen LogP contribution in [0.25, 0.3) is 0 Å². The van der Waals surface area contributed by atoms with Crippen molar-refractivity contribution < 1.29 is 4.92 Å². The van der Waals surface area contributed by atoms with Gasteiger partial charge in [-0.05, 0) is 4.92 Å². The number of nitrogens with one attached hydrogen (secondary N) is 1. The molecule has 0 saturated heterocycles. The van der Waals surface area contributed by atoms with Crippen molar-refractivity contribution in [3.05, 3.63) is 22.5 Å². The van der Waals surface area contributed by atoms with Crippen LogP contribution in [0.2, 0.25) is 0 Å². The molecule has 0 bridgehead atoms. The number of nitro groups is 1. The van der Waals surface area contributed by atoms with Crippen LogP contribution in [0.1, 0.15) is 0 Å². The van der Waals surface area contributed by atoms with E-state index in [1.54, 1.807) is 0 Å². The molecule has 1 heterocycles. The fraction of sp³-hybridized carbons (Fsp3) is 0. The van der Waals surface area contributed by atoms with Gasteiger partial charge >= 0.3 is 5.95 Å². The number of hydrogen-bond acceptors (Lipinski definition) is 3. The summed E-state index contributed by atoms with van der Waals surface area (Å²) in [6, 6.07) is 0. The third kappa shape index (κ3) is 2.13. The van der Waals surface area contributed by atoms with E-state index in [4.69, 9.17) is 0 Å². The second-order valence-electron chi connectivity index (χ2n) is 1.17. The van der Waals surface area contributed by atoms with Crippen LogP contribution < -0.4 is 0 Å². The smallest absolute Gasteiger partial charge is 0.390 e. The fourth-order valence-electron chi connectivity index (χ4n) is 0.357. The van der Waals surface area contributed by atoms with Gasteiger partial charge in [-0.1, -0.05) is 4.98 Å². The first-order valence-corrected chi connectivity index (χ1v) is 1.94. The molecule has 0 atom stereocenters. The van der Waals surface area contributed by atoms with E-state index in [1.165, 1.54) is 12.4 Å². The third-order valence-corrected chi connectivity index (χ3v) is 0.657. The summed E-state index contributed by atoms with van der Waals surface area (Å²) in [5, 5.41) is 9.77. The summed E-state index contributed by atoms with van der Waals surface area (Å²) < 4.78 is 0. The Morgan fingerprint density at radius 3 is 2.67 bits per heavy atom. The number of aromatic nitrogens is 2. The maximum Gasteiger partial charge on any atom is 0.432 e. The van der Waals surface area contributed by atoms with E-state index >= 15 is 0 Å². The Morgan fingerprint density at radius 1 is 1.78 bits per heavy atom. The molecule has 0 fully saturated rings. The molecule has 0 amide bonds. The molecule has 1 aromatic heterocycles. The van der Waals surface area contributed by atoms with Crippen LogP contribution in [0.5, 0.6) is 0 Å². The minimum absolute atomic E-state index is 0. The topological polar surface area (TPSA) is 71.8 Å². The van der Waals surface area contributed by atoms with Crippen LogP contribution in [0, 0.1) is 10.1 Å². The van der Waals surface area contributed by atoms with Crippen LogP contribution in [0.15, 0.2) is 12.4 Å². The van der Waals surface area contributed by atoms with Crippen molar-refractivity contribution >= 4 is 35.5 Å². The van der Waals surface area contributed by atoms with E-state index in [9.17, 15) is 10.1 Å². The summed E-state index contributed by atoms with van der Waals surface area (Å²) >= 11 is 0. The predicted octanol–water partition coefficient (Wildman–Crippen LogP) is -0.0629. The molecule has 43 valence electrons. The second kappa shape index (κ2) is 3.60. The molecule has 0 unspecified atom stereocenters. The Kier molecular flexibility index (Phi) is 3.44.